The van der Waals surface area contributed by atoms with Crippen molar-refractivity contribution in [2.75, 3.05) is 26.7 Å². The van der Waals surface area contributed by atoms with Crippen molar-refractivity contribution in [1.82, 2.24) is 29.7 Å². The molecular formula is C33H38N6O4S. The summed E-state index contributed by atoms with van der Waals surface area (Å²) < 4.78 is 0.827. The lowest BCUT2D eigenvalue weighted by Gasteiger charge is -2.42. The molecule has 4 heterocycles. The molecule has 1 aromatic heterocycles. The molecule has 3 aliphatic heterocycles. The number of rotatable bonds is 11. The van der Waals surface area contributed by atoms with Gasteiger partial charge in [0, 0.05) is 25.4 Å². The van der Waals surface area contributed by atoms with Crippen molar-refractivity contribution in [2.45, 2.75) is 42.1 Å². The van der Waals surface area contributed by atoms with E-state index in [1.807, 2.05) is 54.6 Å². The van der Waals surface area contributed by atoms with Gasteiger partial charge in [0.1, 0.15) is 18.2 Å². The van der Waals surface area contributed by atoms with E-state index in [4.69, 9.17) is 0 Å². The number of nitrogens with zero attached hydrogens (tertiary/aromatic N) is 6. The molecule has 3 unspecified atom stereocenters. The minimum absolute atomic E-state index is 0.0212. The van der Waals surface area contributed by atoms with Gasteiger partial charge in [-0.15, -0.1) is 30.0 Å². The Morgan fingerprint density at radius 1 is 1.11 bits per heavy atom. The normalized spacial score (nSPS) is 27.8. The van der Waals surface area contributed by atoms with Crippen molar-refractivity contribution < 1.29 is 19.5 Å². The largest absolute Gasteiger partial charge is 0.394 e. The van der Waals surface area contributed by atoms with Crippen LogP contribution < -0.4 is 0 Å². The maximum atomic E-state index is 15.0. The minimum Gasteiger partial charge on any atom is -0.394 e. The molecule has 2 bridgehead atoms. The highest BCUT2D eigenvalue weighted by molar-refractivity contribution is 8.02. The zero-order chi connectivity index (χ0) is 31.2. The van der Waals surface area contributed by atoms with Crippen molar-refractivity contribution in [1.29, 1.82) is 0 Å². The van der Waals surface area contributed by atoms with E-state index < -0.39 is 28.7 Å². The van der Waals surface area contributed by atoms with Gasteiger partial charge in [0.05, 0.1) is 34.7 Å². The first-order valence-electron chi connectivity index (χ1n) is 15.0. The second-order valence-electron chi connectivity index (χ2n) is 12.0. The maximum absolute atomic E-state index is 15.0. The molecule has 1 spiro atoms. The summed E-state index contributed by atoms with van der Waals surface area (Å²) in [5.74, 6) is -1.93. The Kier molecular flexibility index (Phi) is 8.10. The quantitative estimate of drug-likeness (QED) is 0.331. The Balaban J connectivity index is 1.47. The molecular weight excluding hydrogens is 576 g/mol. The van der Waals surface area contributed by atoms with E-state index in [9.17, 15) is 14.7 Å². The predicted molar refractivity (Wildman–Crippen MR) is 169 cm³/mol. The van der Waals surface area contributed by atoms with E-state index in [1.165, 1.54) is 0 Å². The lowest BCUT2D eigenvalue weighted by molar-refractivity contribution is -0.147. The molecule has 2 aromatic carbocycles. The number of para-hydroxylation sites is 1. The minimum atomic E-state index is -0.917. The molecule has 7 atom stereocenters. The zero-order valence-corrected chi connectivity index (χ0v) is 25.8. The van der Waals surface area contributed by atoms with Crippen molar-refractivity contribution >= 4 is 40.5 Å². The Labute approximate surface area is 261 Å². The molecule has 3 amide bonds. The molecule has 230 valence electrons. The predicted octanol–water partition coefficient (Wildman–Crippen LogP) is 3.12. The first-order valence-corrected chi connectivity index (χ1v) is 15.9. The third kappa shape index (κ3) is 4.56. The molecule has 3 aromatic rings. The standard InChI is InChI=1S/C33H38N6O4S/c1-5-16-36(4)30(41)27-26-18-21(3)33(44-26)28(27)31(42)39(25(19-40)22-12-8-7-9-13-22)29(33)32(43)37(17-6-2)20-38-24-15-11-10-14-23(24)34-35-38/h5-15,21,25-29,40H,1-2,16-20H2,3-4H3/t21?,25-,26-,27+,28+,29?,33?/m1/s1. The molecule has 3 aliphatic rings. The summed E-state index contributed by atoms with van der Waals surface area (Å²) in [4.78, 5) is 48.5. The van der Waals surface area contributed by atoms with Gasteiger partial charge in [0.15, 0.2) is 0 Å². The summed E-state index contributed by atoms with van der Waals surface area (Å²) >= 11 is 1.62. The third-order valence-electron chi connectivity index (χ3n) is 9.56. The number of benzene rings is 2. The number of likely N-dealkylation sites (N-methyl/N-ethyl adjacent to an activating group) is 1. The first-order chi connectivity index (χ1) is 21.3. The number of aliphatic hydroxyl groups is 1. The Morgan fingerprint density at radius 2 is 1.82 bits per heavy atom. The summed E-state index contributed by atoms with van der Waals surface area (Å²) in [6, 6.07) is 15.2. The Hall–Kier alpha value is -3.96. The monoisotopic (exact) mass is 614 g/mol. The average Bonchev–Trinajstić information content (AvgIpc) is 3.75. The maximum Gasteiger partial charge on any atom is 0.248 e. The van der Waals surface area contributed by atoms with E-state index in [1.54, 1.807) is 50.3 Å². The molecule has 44 heavy (non-hydrogen) atoms. The molecule has 3 fully saturated rings. The number of fused-ring (bicyclic) bond motifs is 2. The molecule has 11 heteroatoms. The van der Waals surface area contributed by atoms with Gasteiger partial charge in [-0.3, -0.25) is 14.4 Å². The van der Waals surface area contributed by atoms with E-state index in [0.29, 0.717) is 18.5 Å². The average molecular weight is 615 g/mol. The smallest absolute Gasteiger partial charge is 0.248 e. The summed E-state index contributed by atoms with van der Waals surface area (Å²) in [5.41, 5.74) is 2.22. The van der Waals surface area contributed by atoms with Crippen LogP contribution in [0.1, 0.15) is 24.9 Å². The van der Waals surface area contributed by atoms with Crippen LogP contribution in [-0.2, 0) is 21.1 Å². The van der Waals surface area contributed by atoms with Gasteiger partial charge in [-0.2, -0.15) is 0 Å². The van der Waals surface area contributed by atoms with Gasteiger partial charge in [0.25, 0.3) is 0 Å². The number of carbonyl (C=O) groups is 3. The van der Waals surface area contributed by atoms with E-state index in [2.05, 4.69) is 30.4 Å². The van der Waals surface area contributed by atoms with Crippen LogP contribution in [-0.4, -0.2) is 95.3 Å². The third-order valence-corrected chi connectivity index (χ3v) is 11.6. The zero-order valence-electron chi connectivity index (χ0n) is 25.0. The van der Waals surface area contributed by atoms with Gasteiger partial charge in [-0.05, 0) is 30.0 Å². The summed E-state index contributed by atoms with van der Waals surface area (Å²) in [7, 11) is 1.73. The lowest BCUT2D eigenvalue weighted by Crippen LogP contribution is -2.58. The van der Waals surface area contributed by atoms with E-state index in [-0.39, 0.29) is 48.7 Å². The highest BCUT2D eigenvalue weighted by atomic mass is 32.2. The fourth-order valence-corrected chi connectivity index (χ4v) is 10.0. The van der Waals surface area contributed by atoms with Gasteiger partial charge >= 0.3 is 0 Å². The van der Waals surface area contributed by atoms with E-state index in [0.717, 1.165) is 11.1 Å². The van der Waals surface area contributed by atoms with Crippen LogP contribution in [0.25, 0.3) is 11.0 Å². The van der Waals surface area contributed by atoms with Crippen LogP contribution in [0.4, 0.5) is 0 Å². The molecule has 10 nitrogen and oxygen atoms in total. The van der Waals surface area contributed by atoms with Crippen LogP contribution >= 0.6 is 11.8 Å². The number of thioether (sulfide) groups is 1. The molecule has 0 aliphatic carbocycles. The van der Waals surface area contributed by atoms with Gasteiger partial charge in [-0.1, -0.05) is 66.8 Å². The van der Waals surface area contributed by atoms with Gasteiger partial charge < -0.3 is 19.8 Å². The van der Waals surface area contributed by atoms with Crippen LogP contribution in [0, 0.1) is 17.8 Å². The second-order valence-corrected chi connectivity index (χ2v) is 13.5. The van der Waals surface area contributed by atoms with Crippen molar-refractivity contribution in [3.63, 3.8) is 0 Å². The van der Waals surface area contributed by atoms with Crippen molar-refractivity contribution in [3.05, 3.63) is 85.5 Å². The summed E-state index contributed by atoms with van der Waals surface area (Å²) in [6.07, 6.45) is 4.05. The first kappa shape index (κ1) is 30.1. The number of likely N-dealkylation sites (tertiary alicyclic amines) is 1. The number of amides is 3. The second kappa shape index (κ2) is 11.9. The highest BCUT2D eigenvalue weighted by Crippen LogP contribution is 2.69. The molecule has 1 N–H and O–H groups in total. The Morgan fingerprint density at radius 3 is 2.52 bits per heavy atom. The van der Waals surface area contributed by atoms with Crippen LogP contribution in [0.15, 0.2) is 79.9 Å². The van der Waals surface area contributed by atoms with Crippen LogP contribution in [0.5, 0.6) is 0 Å². The van der Waals surface area contributed by atoms with Crippen molar-refractivity contribution in [3.8, 4) is 0 Å². The topological polar surface area (TPSA) is 112 Å². The molecule has 0 saturated carbocycles. The van der Waals surface area contributed by atoms with Crippen molar-refractivity contribution in [2.24, 2.45) is 17.8 Å². The van der Waals surface area contributed by atoms with Crippen LogP contribution in [0.2, 0.25) is 0 Å². The van der Waals surface area contributed by atoms with Gasteiger partial charge in [-0.25, -0.2) is 4.68 Å². The number of hydrogen-bond donors (Lipinski definition) is 1. The lowest BCUT2D eigenvalue weighted by atomic mass is 9.65. The fraction of sp³-hybridized carbons (Fsp3) is 0.424. The Bertz CT molecular complexity index is 1600. The van der Waals surface area contributed by atoms with Gasteiger partial charge in [0.2, 0.25) is 17.7 Å². The number of carbonyl (C=O) groups excluding carboxylic acids is 3. The van der Waals surface area contributed by atoms with E-state index >= 15 is 4.79 Å². The number of aliphatic hydroxyl groups excluding tert-OH is 1. The molecule has 3 saturated heterocycles. The molecule has 0 radical (unpaired) electrons. The highest BCUT2D eigenvalue weighted by Gasteiger charge is 2.77. The fourth-order valence-electron chi connectivity index (χ4n) is 7.65. The molecule has 6 rings (SSSR count). The SMILES string of the molecule is C=CCN(C)C(=O)[C@@H]1[C@H]2C(=O)N([C@H](CO)c3ccccc3)C(C(=O)N(CC=C)Cn3nnc4ccccc43)C23S[C@@H]1CC3C. The summed E-state index contributed by atoms with van der Waals surface area (Å²) in [6.45, 7) is 10.1. The number of aromatic nitrogens is 3. The number of hydrogen-bond acceptors (Lipinski definition) is 7. The van der Waals surface area contributed by atoms with Crippen LogP contribution in [0.3, 0.4) is 0 Å². The summed E-state index contributed by atoms with van der Waals surface area (Å²) in [5, 5.41) is 19.3.